The first kappa shape index (κ1) is 16.1. The van der Waals surface area contributed by atoms with Gasteiger partial charge in [-0.2, -0.15) is 5.10 Å². The highest BCUT2D eigenvalue weighted by Gasteiger charge is 2.11. The average molecular weight is 322 g/mol. The maximum absolute atomic E-state index is 9.70. The quantitative estimate of drug-likeness (QED) is 0.771. The molecule has 0 unspecified atom stereocenters. The maximum Gasteiger partial charge on any atom is 0.127 e. The number of hydrogen-bond donors (Lipinski definition) is 1. The van der Waals surface area contributed by atoms with Crippen molar-refractivity contribution in [1.29, 1.82) is 0 Å². The van der Waals surface area contributed by atoms with Gasteiger partial charge < -0.3 is 9.84 Å². The highest BCUT2D eigenvalue weighted by atomic mass is 16.5. The summed E-state index contributed by atoms with van der Waals surface area (Å²) in [5.41, 5.74) is 5.40. The highest BCUT2D eigenvalue weighted by Crippen LogP contribution is 2.31. The molecule has 3 rings (SSSR count). The van der Waals surface area contributed by atoms with Gasteiger partial charge in [0.1, 0.15) is 11.5 Å². The molecule has 0 aliphatic rings. The van der Waals surface area contributed by atoms with Gasteiger partial charge in [0.05, 0.1) is 12.3 Å². The van der Waals surface area contributed by atoms with Crippen LogP contribution in [0, 0.1) is 13.8 Å². The zero-order valence-corrected chi connectivity index (χ0v) is 14.3. The number of aryl methyl sites for hydroxylation is 2. The first-order valence-electron chi connectivity index (χ1n) is 8.06. The Morgan fingerprint density at radius 1 is 1.08 bits per heavy atom. The van der Waals surface area contributed by atoms with Crippen molar-refractivity contribution in [2.24, 2.45) is 7.05 Å². The third kappa shape index (κ3) is 3.27. The monoisotopic (exact) mass is 322 g/mol. The number of phenols is 1. The molecule has 0 bridgehead atoms. The SMILES string of the molecule is Cc1nn(C)c(C)c1CCOc1ccccc1-c1cccc(O)c1. The number of benzene rings is 2. The molecular weight excluding hydrogens is 300 g/mol. The van der Waals surface area contributed by atoms with E-state index < -0.39 is 0 Å². The summed E-state index contributed by atoms with van der Waals surface area (Å²) in [6.45, 7) is 4.70. The summed E-state index contributed by atoms with van der Waals surface area (Å²) in [5.74, 6) is 1.08. The number of ether oxygens (including phenoxy) is 1. The summed E-state index contributed by atoms with van der Waals surface area (Å²) in [4.78, 5) is 0. The number of nitrogens with zero attached hydrogens (tertiary/aromatic N) is 2. The van der Waals surface area contributed by atoms with Crippen LogP contribution in [0.25, 0.3) is 11.1 Å². The topological polar surface area (TPSA) is 47.3 Å². The van der Waals surface area contributed by atoms with Crippen LogP contribution in [0.1, 0.15) is 17.0 Å². The van der Waals surface area contributed by atoms with Crippen LogP contribution in [0.5, 0.6) is 11.5 Å². The Hall–Kier alpha value is -2.75. The van der Waals surface area contributed by atoms with Crippen LogP contribution in [0.3, 0.4) is 0 Å². The van der Waals surface area contributed by atoms with Gasteiger partial charge in [0.2, 0.25) is 0 Å². The van der Waals surface area contributed by atoms with Gasteiger partial charge in [0, 0.05) is 24.7 Å². The van der Waals surface area contributed by atoms with E-state index >= 15 is 0 Å². The van der Waals surface area contributed by atoms with Crippen LogP contribution in [-0.4, -0.2) is 21.5 Å². The second kappa shape index (κ2) is 6.79. The Morgan fingerprint density at radius 2 is 1.88 bits per heavy atom. The van der Waals surface area contributed by atoms with E-state index in [1.807, 2.05) is 55.1 Å². The molecule has 0 aliphatic carbocycles. The number of phenolic OH excluding ortho intramolecular Hbond substituents is 1. The summed E-state index contributed by atoms with van der Waals surface area (Å²) in [6, 6.07) is 15.1. The smallest absolute Gasteiger partial charge is 0.127 e. The number of para-hydroxylation sites is 1. The third-order valence-electron chi connectivity index (χ3n) is 4.31. The van der Waals surface area contributed by atoms with Crippen molar-refractivity contribution >= 4 is 0 Å². The third-order valence-corrected chi connectivity index (χ3v) is 4.31. The van der Waals surface area contributed by atoms with Gasteiger partial charge in [-0.15, -0.1) is 0 Å². The molecule has 0 saturated heterocycles. The Morgan fingerprint density at radius 3 is 2.58 bits per heavy atom. The predicted octanol–water partition coefficient (Wildman–Crippen LogP) is 4.03. The summed E-state index contributed by atoms with van der Waals surface area (Å²) in [7, 11) is 1.96. The van der Waals surface area contributed by atoms with E-state index in [9.17, 15) is 5.11 Å². The number of hydrogen-bond acceptors (Lipinski definition) is 3. The minimum absolute atomic E-state index is 0.254. The lowest BCUT2D eigenvalue weighted by Crippen LogP contribution is -2.04. The van der Waals surface area contributed by atoms with Crippen molar-refractivity contribution in [1.82, 2.24) is 9.78 Å². The molecular formula is C20H22N2O2. The standard InChI is InChI=1S/C20H22N2O2/c1-14-18(15(2)22(3)21-14)11-12-24-20-10-5-4-9-19(20)16-7-6-8-17(23)13-16/h4-10,13,23H,11-12H2,1-3H3. The van der Waals surface area contributed by atoms with Crippen LogP contribution in [-0.2, 0) is 13.5 Å². The van der Waals surface area contributed by atoms with Crippen LogP contribution >= 0.6 is 0 Å². The molecule has 4 heteroatoms. The molecule has 24 heavy (non-hydrogen) atoms. The zero-order chi connectivity index (χ0) is 17.1. The summed E-state index contributed by atoms with van der Waals surface area (Å²) >= 11 is 0. The summed E-state index contributed by atoms with van der Waals surface area (Å²) in [5, 5.41) is 14.1. The molecule has 124 valence electrons. The predicted molar refractivity (Wildman–Crippen MR) is 95.4 cm³/mol. The molecule has 2 aromatic carbocycles. The molecule has 0 fully saturated rings. The second-order valence-electron chi connectivity index (χ2n) is 5.92. The largest absolute Gasteiger partial charge is 0.508 e. The molecule has 0 radical (unpaired) electrons. The molecule has 0 atom stereocenters. The van der Waals surface area contributed by atoms with Gasteiger partial charge in [-0.05, 0) is 43.2 Å². The van der Waals surface area contributed by atoms with Crippen molar-refractivity contribution in [3.05, 3.63) is 65.5 Å². The van der Waals surface area contributed by atoms with Gasteiger partial charge >= 0.3 is 0 Å². The van der Waals surface area contributed by atoms with Crippen LogP contribution < -0.4 is 4.74 Å². The Balaban J connectivity index is 1.77. The minimum Gasteiger partial charge on any atom is -0.508 e. The van der Waals surface area contributed by atoms with Crippen molar-refractivity contribution in [3.63, 3.8) is 0 Å². The Bertz CT molecular complexity index is 853. The highest BCUT2D eigenvalue weighted by molar-refractivity contribution is 5.71. The molecule has 1 heterocycles. The first-order valence-corrected chi connectivity index (χ1v) is 8.06. The number of aromatic nitrogens is 2. The fraction of sp³-hybridized carbons (Fsp3) is 0.250. The van der Waals surface area contributed by atoms with Crippen LogP contribution in [0.2, 0.25) is 0 Å². The molecule has 3 aromatic rings. The van der Waals surface area contributed by atoms with E-state index in [1.165, 1.54) is 11.3 Å². The summed E-state index contributed by atoms with van der Waals surface area (Å²) < 4.78 is 7.94. The van der Waals surface area contributed by atoms with Crippen LogP contribution in [0.15, 0.2) is 48.5 Å². The fourth-order valence-electron chi connectivity index (χ4n) is 2.95. The lowest BCUT2D eigenvalue weighted by Gasteiger charge is -2.12. The molecule has 4 nitrogen and oxygen atoms in total. The van der Waals surface area contributed by atoms with Gasteiger partial charge in [-0.3, -0.25) is 4.68 Å². The van der Waals surface area contributed by atoms with Crippen molar-refractivity contribution in [3.8, 4) is 22.6 Å². The number of aromatic hydroxyl groups is 1. The van der Waals surface area contributed by atoms with Gasteiger partial charge in [0.25, 0.3) is 0 Å². The van der Waals surface area contributed by atoms with Gasteiger partial charge in [-0.25, -0.2) is 0 Å². The van der Waals surface area contributed by atoms with E-state index in [-0.39, 0.29) is 5.75 Å². The molecule has 1 N–H and O–H groups in total. The fourth-order valence-corrected chi connectivity index (χ4v) is 2.95. The van der Waals surface area contributed by atoms with Crippen molar-refractivity contribution in [2.45, 2.75) is 20.3 Å². The second-order valence-corrected chi connectivity index (χ2v) is 5.92. The van der Waals surface area contributed by atoms with Gasteiger partial charge in [0.15, 0.2) is 0 Å². The van der Waals surface area contributed by atoms with Crippen LogP contribution in [0.4, 0.5) is 0 Å². The first-order chi connectivity index (χ1) is 11.6. The molecule has 0 aliphatic heterocycles. The maximum atomic E-state index is 9.70. The molecule has 0 amide bonds. The molecule has 0 saturated carbocycles. The zero-order valence-electron chi connectivity index (χ0n) is 14.3. The Kier molecular flexibility index (Phi) is 4.56. The lowest BCUT2D eigenvalue weighted by molar-refractivity contribution is 0.322. The molecule has 1 aromatic heterocycles. The lowest BCUT2D eigenvalue weighted by atomic mass is 10.0. The van der Waals surface area contributed by atoms with Crippen molar-refractivity contribution < 1.29 is 9.84 Å². The van der Waals surface area contributed by atoms with E-state index in [2.05, 4.69) is 12.0 Å². The Labute approximate surface area is 142 Å². The number of rotatable bonds is 5. The summed E-state index contributed by atoms with van der Waals surface area (Å²) in [6.07, 6.45) is 0.819. The van der Waals surface area contributed by atoms with Crippen molar-refractivity contribution in [2.75, 3.05) is 6.61 Å². The van der Waals surface area contributed by atoms with E-state index in [0.717, 1.165) is 29.0 Å². The van der Waals surface area contributed by atoms with E-state index in [1.54, 1.807) is 12.1 Å². The van der Waals surface area contributed by atoms with E-state index in [0.29, 0.717) is 6.61 Å². The normalized spacial score (nSPS) is 10.8. The van der Waals surface area contributed by atoms with E-state index in [4.69, 9.17) is 4.74 Å². The molecule has 0 spiro atoms. The minimum atomic E-state index is 0.254. The average Bonchev–Trinajstić information content (AvgIpc) is 2.81. The van der Waals surface area contributed by atoms with Gasteiger partial charge in [-0.1, -0.05) is 30.3 Å².